The first-order valence-corrected chi connectivity index (χ1v) is 12.2. The zero-order chi connectivity index (χ0) is 24.2. The molecule has 2 N–H and O–H groups in total. The van der Waals surface area contributed by atoms with Crippen molar-refractivity contribution in [3.63, 3.8) is 0 Å². The van der Waals surface area contributed by atoms with Gasteiger partial charge in [0.2, 0.25) is 10.0 Å². The van der Waals surface area contributed by atoms with Gasteiger partial charge in [-0.15, -0.1) is 0 Å². The summed E-state index contributed by atoms with van der Waals surface area (Å²) in [5.74, 6) is -1.19. The molecule has 3 aromatic rings. The second kappa shape index (κ2) is 10.2. The molecule has 0 aliphatic rings. The fourth-order valence-corrected chi connectivity index (χ4v) is 4.84. The molecule has 0 unspecified atom stereocenters. The number of nitrogens with one attached hydrogen (secondary N) is 2. The Hall–Kier alpha value is -3.21. The van der Waals surface area contributed by atoms with Gasteiger partial charge in [-0.05, 0) is 61.4 Å². The minimum atomic E-state index is -3.69. The number of benzene rings is 2. The number of sulfonamides is 1. The summed E-state index contributed by atoms with van der Waals surface area (Å²) in [6.07, 6.45) is 1.60. The van der Waals surface area contributed by atoms with Crippen LogP contribution in [-0.2, 0) is 10.0 Å². The van der Waals surface area contributed by atoms with Crippen LogP contribution in [0.15, 0.2) is 75.6 Å². The van der Waals surface area contributed by atoms with Crippen molar-refractivity contribution < 1.29 is 18.0 Å². The normalized spacial score (nSPS) is 11.3. The molecule has 0 radical (unpaired) electrons. The highest BCUT2D eigenvalue weighted by molar-refractivity contribution is 7.99. The van der Waals surface area contributed by atoms with Crippen LogP contribution in [0.3, 0.4) is 0 Å². The van der Waals surface area contributed by atoms with Crippen LogP contribution in [-0.4, -0.2) is 43.6 Å². The summed E-state index contributed by atoms with van der Waals surface area (Å²) in [4.78, 5) is 30.6. The fourth-order valence-electron chi connectivity index (χ4n) is 2.83. The molecule has 0 saturated heterocycles. The molecule has 0 atom stereocenters. The predicted molar refractivity (Wildman–Crippen MR) is 127 cm³/mol. The summed E-state index contributed by atoms with van der Waals surface area (Å²) in [6.45, 7) is 3.97. The van der Waals surface area contributed by atoms with Gasteiger partial charge < -0.3 is 0 Å². The molecule has 33 heavy (non-hydrogen) atoms. The minimum Gasteiger partial charge on any atom is -0.267 e. The number of carbonyl (C=O) groups is 2. The van der Waals surface area contributed by atoms with Crippen LogP contribution in [0, 0.1) is 13.8 Å². The summed E-state index contributed by atoms with van der Waals surface area (Å²) in [7, 11) is -0.881. The van der Waals surface area contributed by atoms with E-state index >= 15 is 0 Å². The Kier molecular flexibility index (Phi) is 7.52. The first kappa shape index (κ1) is 24.4. The summed E-state index contributed by atoms with van der Waals surface area (Å²) in [5.41, 5.74) is 7.25. The zero-order valence-electron chi connectivity index (χ0n) is 18.6. The maximum absolute atomic E-state index is 12.8. The number of aromatic nitrogens is 1. The zero-order valence-corrected chi connectivity index (χ0v) is 20.3. The highest BCUT2D eigenvalue weighted by atomic mass is 32.2. The molecule has 8 nitrogen and oxygen atoms in total. The summed E-state index contributed by atoms with van der Waals surface area (Å²) < 4.78 is 25.7. The fraction of sp³-hybridized carbons (Fsp3) is 0.174. The van der Waals surface area contributed by atoms with Crippen molar-refractivity contribution in [3.8, 4) is 0 Å². The van der Waals surface area contributed by atoms with Crippen LogP contribution in [0.2, 0.25) is 0 Å². The van der Waals surface area contributed by atoms with Crippen molar-refractivity contribution in [1.82, 2.24) is 20.1 Å². The van der Waals surface area contributed by atoms with Crippen LogP contribution in [0.5, 0.6) is 0 Å². The van der Waals surface area contributed by atoms with Crippen LogP contribution >= 0.6 is 11.8 Å². The smallest absolute Gasteiger partial charge is 0.267 e. The number of hydrogen-bond donors (Lipinski definition) is 2. The maximum atomic E-state index is 12.8. The van der Waals surface area contributed by atoms with E-state index in [4.69, 9.17) is 0 Å². The number of rotatable bonds is 6. The quantitative estimate of drug-likeness (QED) is 0.520. The predicted octanol–water partition coefficient (Wildman–Crippen LogP) is 3.17. The lowest BCUT2D eigenvalue weighted by molar-refractivity contribution is 0.0844. The molecule has 0 spiro atoms. The van der Waals surface area contributed by atoms with Gasteiger partial charge >= 0.3 is 0 Å². The average molecular weight is 485 g/mol. The maximum Gasteiger partial charge on any atom is 0.272 e. The number of nitrogens with zero attached hydrogens (tertiary/aromatic N) is 2. The molecule has 0 saturated carbocycles. The average Bonchev–Trinajstić information content (AvgIpc) is 2.80. The lowest BCUT2D eigenvalue weighted by atomic mass is 10.2. The van der Waals surface area contributed by atoms with Crippen molar-refractivity contribution in [3.05, 3.63) is 83.0 Å². The van der Waals surface area contributed by atoms with Gasteiger partial charge in [-0.25, -0.2) is 17.7 Å². The van der Waals surface area contributed by atoms with E-state index in [0.717, 1.165) is 20.3 Å². The third-order valence-electron chi connectivity index (χ3n) is 4.73. The Morgan fingerprint density at radius 3 is 2.39 bits per heavy atom. The van der Waals surface area contributed by atoms with Gasteiger partial charge in [-0.1, -0.05) is 30.0 Å². The third kappa shape index (κ3) is 5.78. The van der Waals surface area contributed by atoms with E-state index in [2.05, 4.69) is 15.8 Å². The molecule has 10 heteroatoms. The number of carbonyl (C=O) groups excluding carboxylic acids is 2. The Balaban J connectivity index is 1.75. The van der Waals surface area contributed by atoms with Crippen LogP contribution in [0.1, 0.15) is 31.8 Å². The van der Waals surface area contributed by atoms with E-state index in [0.29, 0.717) is 10.6 Å². The van der Waals surface area contributed by atoms with Crippen LogP contribution in [0.25, 0.3) is 0 Å². The second-order valence-electron chi connectivity index (χ2n) is 7.45. The first-order valence-electron chi connectivity index (χ1n) is 9.93. The van der Waals surface area contributed by atoms with E-state index in [1.54, 1.807) is 18.3 Å². The van der Waals surface area contributed by atoms with Gasteiger partial charge in [-0.2, -0.15) is 0 Å². The Morgan fingerprint density at radius 1 is 0.939 bits per heavy atom. The van der Waals surface area contributed by atoms with E-state index in [-0.39, 0.29) is 10.5 Å². The molecule has 172 valence electrons. The largest absolute Gasteiger partial charge is 0.272 e. The van der Waals surface area contributed by atoms with Crippen molar-refractivity contribution in [2.75, 3.05) is 14.1 Å². The third-order valence-corrected chi connectivity index (χ3v) is 7.72. The first-order chi connectivity index (χ1) is 15.6. The molecular formula is C23H24N4O4S2. The van der Waals surface area contributed by atoms with E-state index in [9.17, 15) is 18.0 Å². The minimum absolute atomic E-state index is 0.0223. The number of pyridine rings is 1. The van der Waals surface area contributed by atoms with Gasteiger partial charge in [0.25, 0.3) is 11.8 Å². The van der Waals surface area contributed by atoms with Gasteiger partial charge in [-0.3, -0.25) is 20.4 Å². The topological polar surface area (TPSA) is 108 Å². The van der Waals surface area contributed by atoms with Crippen molar-refractivity contribution in [2.24, 2.45) is 0 Å². The monoisotopic (exact) mass is 484 g/mol. The number of hydrazine groups is 1. The van der Waals surface area contributed by atoms with Gasteiger partial charge in [0, 0.05) is 30.8 Å². The van der Waals surface area contributed by atoms with E-state index in [1.165, 1.54) is 50.1 Å². The lowest BCUT2D eigenvalue weighted by Gasteiger charge is -2.13. The van der Waals surface area contributed by atoms with Crippen molar-refractivity contribution >= 4 is 33.6 Å². The Morgan fingerprint density at radius 2 is 1.67 bits per heavy atom. The SMILES string of the molecule is Cc1ccc(C)c(Sc2ncccc2C(=O)NNC(=O)c2cccc(S(=O)(=O)N(C)C)c2)c1. The molecule has 2 aromatic carbocycles. The molecule has 0 aliphatic carbocycles. The summed E-state index contributed by atoms with van der Waals surface area (Å²) in [6, 6.07) is 14.9. The van der Waals surface area contributed by atoms with Crippen molar-refractivity contribution in [1.29, 1.82) is 0 Å². The van der Waals surface area contributed by atoms with Gasteiger partial charge in [0.05, 0.1) is 10.5 Å². The highest BCUT2D eigenvalue weighted by Gasteiger charge is 2.20. The van der Waals surface area contributed by atoms with E-state index < -0.39 is 21.8 Å². The molecule has 1 heterocycles. The van der Waals surface area contributed by atoms with Crippen molar-refractivity contribution in [2.45, 2.75) is 28.7 Å². The second-order valence-corrected chi connectivity index (χ2v) is 10.6. The highest BCUT2D eigenvalue weighted by Crippen LogP contribution is 2.31. The van der Waals surface area contributed by atoms with E-state index in [1.807, 2.05) is 32.0 Å². The molecule has 1 aromatic heterocycles. The molecule has 3 rings (SSSR count). The summed E-state index contributed by atoms with van der Waals surface area (Å²) >= 11 is 1.37. The molecule has 0 bridgehead atoms. The number of hydrogen-bond acceptors (Lipinski definition) is 6. The van der Waals surface area contributed by atoms with Crippen LogP contribution < -0.4 is 10.9 Å². The Labute approximate surface area is 197 Å². The van der Waals surface area contributed by atoms with Gasteiger partial charge in [0.1, 0.15) is 5.03 Å². The Bertz CT molecular complexity index is 1310. The lowest BCUT2D eigenvalue weighted by Crippen LogP contribution is -2.42. The van der Waals surface area contributed by atoms with Gasteiger partial charge in [0.15, 0.2) is 0 Å². The standard InChI is InChI=1S/C23H24N4O4S2/c1-15-10-11-16(2)20(13-15)32-23-19(9-6-12-24-23)22(29)26-25-21(28)17-7-5-8-18(14-17)33(30,31)27(3)4/h5-14H,1-4H3,(H,25,28)(H,26,29). The van der Waals surface area contributed by atoms with Crippen LogP contribution in [0.4, 0.5) is 0 Å². The molecule has 2 amide bonds. The molecule has 0 fully saturated rings. The number of aryl methyl sites for hydroxylation is 2. The number of amides is 2. The summed E-state index contributed by atoms with van der Waals surface area (Å²) in [5, 5.41) is 0.497. The molecular weight excluding hydrogens is 460 g/mol. The molecule has 0 aliphatic heterocycles.